The summed E-state index contributed by atoms with van der Waals surface area (Å²) < 4.78 is 0.907. The topological polar surface area (TPSA) is 58.2 Å². The van der Waals surface area contributed by atoms with Crippen molar-refractivity contribution < 1.29 is 9.59 Å². The second-order valence-electron chi connectivity index (χ2n) is 6.25. The molecule has 1 heterocycles. The summed E-state index contributed by atoms with van der Waals surface area (Å²) in [5.41, 5.74) is 0. The molecule has 3 unspecified atom stereocenters. The number of rotatable bonds is 7. The van der Waals surface area contributed by atoms with Crippen LogP contribution in [0.5, 0.6) is 0 Å². The van der Waals surface area contributed by atoms with E-state index in [-0.39, 0.29) is 17.9 Å². The number of hydrogen-bond donors (Lipinski definition) is 2. The van der Waals surface area contributed by atoms with Crippen molar-refractivity contribution in [2.75, 3.05) is 0 Å². The Morgan fingerprint density at radius 2 is 2.17 bits per heavy atom. The molecule has 1 aliphatic carbocycles. The Bertz CT molecular complexity index is 546. The fourth-order valence-corrected chi connectivity index (χ4v) is 4.41. The van der Waals surface area contributed by atoms with Crippen molar-refractivity contribution in [2.24, 2.45) is 5.92 Å². The van der Waals surface area contributed by atoms with Crippen LogP contribution >= 0.6 is 27.3 Å². The zero-order valence-corrected chi connectivity index (χ0v) is 16.1. The smallest absolute Gasteiger partial charge is 0.262 e. The van der Waals surface area contributed by atoms with Gasteiger partial charge in [-0.25, -0.2) is 0 Å². The summed E-state index contributed by atoms with van der Waals surface area (Å²) in [6.45, 7) is 3.94. The maximum Gasteiger partial charge on any atom is 0.262 e. The van der Waals surface area contributed by atoms with E-state index in [2.05, 4.69) is 33.5 Å². The SMILES string of the molecule is CCCCC1CCCC1NC(=O)C(C)NC(=O)c1ccc(Br)s1. The first-order valence-electron chi connectivity index (χ1n) is 8.37. The second-order valence-corrected chi connectivity index (χ2v) is 8.71. The molecule has 0 aromatic carbocycles. The second kappa shape index (κ2) is 8.83. The highest BCUT2D eigenvalue weighted by molar-refractivity contribution is 9.11. The number of hydrogen-bond acceptors (Lipinski definition) is 3. The molecule has 1 saturated carbocycles. The van der Waals surface area contributed by atoms with Gasteiger partial charge in [-0.2, -0.15) is 0 Å². The van der Waals surface area contributed by atoms with Crippen LogP contribution in [0, 0.1) is 5.92 Å². The van der Waals surface area contributed by atoms with Gasteiger partial charge in [0.2, 0.25) is 5.91 Å². The Labute approximate surface area is 150 Å². The number of carbonyl (C=O) groups excluding carboxylic acids is 2. The molecule has 1 aromatic heterocycles. The first-order valence-corrected chi connectivity index (χ1v) is 9.98. The minimum Gasteiger partial charge on any atom is -0.351 e. The van der Waals surface area contributed by atoms with Crippen LogP contribution in [0.1, 0.15) is 62.0 Å². The number of thiophene rings is 1. The highest BCUT2D eigenvalue weighted by Crippen LogP contribution is 2.30. The molecule has 1 fully saturated rings. The van der Waals surface area contributed by atoms with Crippen LogP contribution < -0.4 is 10.6 Å². The van der Waals surface area contributed by atoms with Crippen molar-refractivity contribution in [3.63, 3.8) is 0 Å². The molecule has 0 saturated heterocycles. The number of unbranched alkanes of at least 4 members (excludes halogenated alkanes) is 1. The molecule has 2 amide bonds. The van der Waals surface area contributed by atoms with Crippen molar-refractivity contribution in [1.29, 1.82) is 0 Å². The molecule has 4 nitrogen and oxygen atoms in total. The maximum absolute atomic E-state index is 12.4. The van der Waals surface area contributed by atoms with E-state index in [1.807, 2.05) is 6.07 Å². The lowest BCUT2D eigenvalue weighted by Crippen LogP contribution is -2.48. The van der Waals surface area contributed by atoms with Gasteiger partial charge in [-0.1, -0.05) is 26.2 Å². The lowest BCUT2D eigenvalue weighted by molar-refractivity contribution is -0.123. The van der Waals surface area contributed by atoms with Crippen molar-refractivity contribution in [3.05, 3.63) is 20.8 Å². The summed E-state index contributed by atoms with van der Waals surface area (Å²) in [5, 5.41) is 5.92. The van der Waals surface area contributed by atoms with Gasteiger partial charge in [0.15, 0.2) is 0 Å². The molecule has 3 atom stereocenters. The average Bonchev–Trinajstić information content (AvgIpc) is 3.14. The Morgan fingerprint density at radius 3 is 2.83 bits per heavy atom. The fraction of sp³-hybridized carbons (Fsp3) is 0.647. The van der Waals surface area contributed by atoms with Gasteiger partial charge in [-0.3, -0.25) is 9.59 Å². The van der Waals surface area contributed by atoms with Crippen LogP contribution in [-0.4, -0.2) is 23.9 Å². The molecule has 0 spiro atoms. The number of halogens is 1. The van der Waals surface area contributed by atoms with Crippen LogP contribution in [0.2, 0.25) is 0 Å². The van der Waals surface area contributed by atoms with Crippen LogP contribution in [-0.2, 0) is 4.79 Å². The average molecular weight is 401 g/mol. The molecule has 128 valence electrons. The van der Waals surface area contributed by atoms with E-state index < -0.39 is 6.04 Å². The summed E-state index contributed by atoms with van der Waals surface area (Å²) in [5.74, 6) is 0.315. The molecular formula is C17H25BrN2O2S. The lowest BCUT2D eigenvalue weighted by Gasteiger charge is -2.23. The van der Waals surface area contributed by atoms with Gasteiger partial charge in [0.05, 0.1) is 8.66 Å². The minimum absolute atomic E-state index is 0.0811. The predicted molar refractivity (Wildman–Crippen MR) is 97.7 cm³/mol. The van der Waals surface area contributed by atoms with Gasteiger partial charge in [0.1, 0.15) is 6.04 Å². The van der Waals surface area contributed by atoms with E-state index in [4.69, 9.17) is 0 Å². The normalized spacial score (nSPS) is 21.9. The first-order chi connectivity index (χ1) is 11.0. The largest absolute Gasteiger partial charge is 0.351 e. The maximum atomic E-state index is 12.4. The van der Waals surface area contributed by atoms with Gasteiger partial charge in [-0.05, 0) is 60.2 Å². The third-order valence-corrected chi connectivity index (χ3v) is 6.08. The van der Waals surface area contributed by atoms with E-state index in [1.165, 1.54) is 43.4 Å². The van der Waals surface area contributed by atoms with E-state index >= 15 is 0 Å². The lowest BCUT2D eigenvalue weighted by atomic mass is 9.96. The van der Waals surface area contributed by atoms with Crippen LogP contribution in [0.15, 0.2) is 15.9 Å². The van der Waals surface area contributed by atoms with Crippen LogP contribution in [0.25, 0.3) is 0 Å². The summed E-state index contributed by atoms with van der Waals surface area (Å²) in [4.78, 5) is 25.1. The molecule has 2 rings (SSSR count). The van der Waals surface area contributed by atoms with E-state index in [0.717, 1.165) is 10.2 Å². The number of carbonyl (C=O) groups is 2. The molecule has 1 aliphatic rings. The molecule has 0 radical (unpaired) electrons. The van der Waals surface area contributed by atoms with Crippen LogP contribution in [0.4, 0.5) is 0 Å². The number of nitrogens with one attached hydrogen (secondary N) is 2. The molecule has 0 bridgehead atoms. The zero-order valence-electron chi connectivity index (χ0n) is 13.7. The summed E-state index contributed by atoms with van der Waals surface area (Å²) in [6, 6.07) is 3.34. The van der Waals surface area contributed by atoms with Crippen molar-refractivity contribution in [2.45, 2.75) is 64.5 Å². The monoisotopic (exact) mass is 400 g/mol. The third-order valence-electron chi connectivity index (χ3n) is 4.45. The molecule has 1 aromatic rings. The summed E-state index contributed by atoms with van der Waals surface area (Å²) in [6.07, 6.45) is 7.04. The molecule has 0 aliphatic heterocycles. The zero-order chi connectivity index (χ0) is 16.8. The van der Waals surface area contributed by atoms with Gasteiger partial charge < -0.3 is 10.6 Å². The van der Waals surface area contributed by atoms with E-state index in [1.54, 1.807) is 13.0 Å². The first kappa shape index (κ1) is 18.5. The Morgan fingerprint density at radius 1 is 1.39 bits per heavy atom. The van der Waals surface area contributed by atoms with Gasteiger partial charge in [0, 0.05) is 6.04 Å². The Balaban J connectivity index is 1.83. The van der Waals surface area contributed by atoms with Crippen molar-refractivity contribution in [1.82, 2.24) is 10.6 Å². The van der Waals surface area contributed by atoms with E-state index in [9.17, 15) is 9.59 Å². The van der Waals surface area contributed by atoms with Gasteiger partial charge in [0.25, 0.3) is 5.91 Å². The Hall–Kier alpha value is -0.880. The Kier molecular flexibility index (Phi) is 7.09. The quantitative estimate of drug-likeness (QED) is 0.723. The molecule has 2 N–H and O–H groups in total. The highest BCUT2D eigenvalue weighted by atomic mass is 79.9. The van der Waals surface area contributed by atoms with Gasteiger partial charge in [-0.15, -0.1) is 11.3 Å². The summed E-state index contributed by atoms with van der Waals surface area (Å²) >= 11 is 4.71. The van der Waals surface area contributed by atoms with Crippen molar-refractivity contribution in [3.8, 4) is 0 Å². The third kappa shape index (κ3) is 5.31. The molecule has 6 heteroatoms. The predicted octanol–water partition coefficient (Wildman–Crippen LogP) is 4.10. The standard InChI is InChI=1S/C17H25BrN2O2S/c1-3-4-6-12-7-5-8-13(12)20-16(21)11(2)19-17(22)14-9-10-15(18)23-14/h9-13H,3-8H2,1-2H3,(H,19,22)(H,20,21). The highest BCUT2D eigenvalue weighted by Gasteiger charge is 2.29. The summed E-state index contributed by atoms with van der Waals surface area (Å²) in [7, 11) is 0. The fourth-order valence-electron chi connectivity index (χ4n) is 3.12. The minimum atomic E-state index is -0.518. The van der Waals surface area contributed by atoms with Crippen LogP contribution in [0.3, 0.4) is 0 Å². The van der Waals surface area contributed by atoms with E-state index in [0.29, 0.717) is 10.8 Å². The molecule has 23 heavy (non-hydrogen) atoms. The van der Waals surface area contributed by atoms with Crippen molar-refractivity contribution >= 4 is 39.1 Å². The van der Waals surface area contributed by atoms with Gasteiger partial charge >= 0.3 is 0 Å². The number of amides is 2. The molecular weight excluding hydrogens is 376 g/mol.